The molecule has 82 valence electrons. The third kappa shape index (κ3) is 1.67. The number of hydrogen-bond acceptors (Lipinski definition) is 1. The van der Waals surface area contributed by atoms with E-state index in [-0.39, 0.29) is 24.3 Å². The molecule has 2 aliphatic carbocycles. The van der Waals surface area contributed by atoms with Crippen LogP contribution in [0.4, 0.5) is 8.78 Å². The summed E-state index contributed by atoms with van der Waals surface area (Å²) in [6.45, 7) is 2.10. The lowest BCUT2D eigenvalue weighted by atomic mass is 9.79. The van der Waals surface area contributed by atoms with Gasteiger partial charge in [-0.2, -0.15) is 0 Å². The Morgan fingerprint density at radius 3 is 2.57 bits per heavy atom. The maximum absolute atomic E-state index is 13.2. The van der Waals surface area contributed by atoms with E-state index < -0.39 is 5.92 Å². The fourth-order valence-corrected chi connectivity index (χ4v) is 3.02. The molecule has 3 atom stereocenters. The Hall–Kier alpha value is -0.180. The average molecular weight is 203 g/mol. The lowest BCUT2D eigenvalue weighted by Crippen LogP contribution is -2.41. The molecule has 2 fully saturated rings. The molecule has 2 saturated carbocycles. The highest BCUT2D eigenvalue weighted by molar-refractivity contribution is 5.12. The largest absolute Gasteiger partial charge is 0.325 e. The SMILES string of the molecule is CCC1CC1(N)C1CCCC(F)(F)C1. The van der Waals surface area contributed by atoms with Crippen LogP contribution in [0.3, 0.4) is 0 Å². The first-order chi connectivity index (χ1) is 6.48. The summed E-state index contributed by atoms with van der Waals surface area (Å²) in [4.78, 5) is 0. The first-order valence-corrected chi connectivity index (χ1v) is 5.64. The highest BCUT2D eigenvalue weighted by atomic mass is 19.3. The van der Waals surface area contributed by atoms with Gasteiger partial charge >= 0.3 is 0 Å². The summed E-state index contributed by atoms with van der Waals surface area (Å²) < 4.78 is 26.4. The van der Waals surface area contributed by atoms with Crippen LogP contribution in [0.5, 0.6) is 0 Å². The summed E-state index contributed by atoms with van der Waals surface area (Å²) >= 11 is 0. The van der Waals surface area contributed by atoms with Crippen LogP contribution in [0.15, 0.2) is 0 Å². The van der Waals surface area contributed by atoms with Gasteiger partial charge < -0.3 is 5.73 Å². The predicted molar refractivity (Wildman–Crippen MR) is 52.2 cm³/mol. The van der Waals surface area contributed by atoms with Gasteiger partial charge in [-0.05, 0) is 31.1 Å². The number of alkyl halides is 2. The van der Waals surface area contributed by atoms with Crippen molar-refractivity contribution in [3.8, 4) is 0 Å². The quantitative estimate of drug-likeness (QED) is 0.733. The molecular formula is C11H19F2N. The summed E-state index contributed by atoms with van der Waals surface area (Å²) in [5, 5.41) is 0. The van der Waals surface area contributed by atoms with Crippen molar-refractivity contribution in [2.24, 2.45) is 17.6 Å². The number of rotatable bonds is 2. The molecule has 0 aromatic carbocycles. The molecule has 0 aliphatic heterocycles. The van der Waals surface area contributed by atoms with Gasteiger partial charge in [0.2, 0.25) is 5.92 Å². The molecule has 0 aromatic heterocycles. The Bertz CT molecular complexity index is 229. The Morgan fingerprint density at radius 2 is 2.07 bits per heavy atom. The van der Waals surface area contributed by atoms with Crippen molar-refractivity contribution < 1.29 is 8.78 Å². The second-order valence-corrected chi connectivity index (χ2v) is 5.07. The third-order valence-electron chi connectivity index (χ3n) is 4.09. The van der Waals surface area contributed by atoms with Crippen molar-refractivity contribution in [2.75, 3.05) is 0 Å². The molecule has 2 rings (SSSR count). The fraction of sp³-hybridized carbons (Fsp3) is 1.00. The number of nitrogens with two attached hydrogens (primary N) is 1. The van der Waals surface area contributed by atoms with Crippen LogP contribution in [0.2, 0.25) is 0 Å². The van der Waals surface area contributed by atoms with Crippen LogP contribution >= 0.6 is 0 Å². The predicted octanol–water partition coefficient (Wildman–Crippen LogP) is 2.94. The molecule has 0 aromatic rings. The van der Waals surface area contributed by atoms with Gasteiger partial charge in [0.15, 0.2) is 0 Å². The summed E-state index contributed by atoms with van der Waals surface area (Å²) in [6, 6.07) is 0. The first kappa shape index (κ1) is 10.3. The van der Waals surface area contributed by atoms with Gasteiger partial charge in [0.05, 0.1) is 0 Å². The standard InChI is InChI=1S/C11H19F2N/c1-2-8-7-11(8,14)9-4-3-5-10(12,13)6-9/h8-9H,2-7,14H2,1H3. The van der Waals surface area contributed by atoms with Gasteiger partial charge in [-0.1, -0.05) is 13.3 Å². The van der Waals surface area contributed by atoms with E-state index >= 15 is 0 Å². The van der Waals surface area contributed by atoms with Gasteiger partial charge in [-0.15, -0.1) is 0 Å². The van der Waals surface area contributed by atoms with Crippen LogP contribution in [0.1, 0.15) is 45.4 Å². The van der Waals surface area contributed by atoms with Gasteiger partial charge in [0.1, 0.15) is 0 Å². The van der Waals surface area contributed by atoms with Gasteiger partial charge in [0, 0.05) is 18.4 Å². The minimum atomic E-state index is -2.45. The van der Waals surface area contributed by atoms with Crippen LogP contribution in [-0.4, -0.2) is 11.5 Å². The van der Waals surface area contributed by atoms with Crippen LogP contribution in [-0.2, 0) is 0 Å². The van der Waals surface area contributed by atoms with Crippen molar-refractivity contribution >= 4 is 0 Å². The maximum Gasteiger partial charge on any atom is 0.248 e. The molecule has 0 bridgehead atoms. The van der Waals surface area contributed by atoms with E-state index in [1.807, 2.05) is 0 Å². The Balaban J connectivity index is 1.99. The lowest BCUT2D eigenvalue weighted by Gasteiger charge is -2.33. The van der Waals surface area contributed by atoms with E-state index in [1.165, 1.54) is 0 Å². The van der Waals surface area contributed by atoms with E-state index in [0.29, 0.717) is 12.3 Å². The van der Waals surface area contributed by atoms with E-state index in [0.717, 1.165) is 19.3 Å². The number of halogens is 2. The second-order valence-electron chi connectivity index (χ2n) is 5.07. The monoisotopic (exact) mass is 203 g/mol. The minimum Gasteiger partial charge on any atom is -0.325 e. The molecule has 3 heteroatoms. The van der Waals surface area contributed by atoms with Crippen molar-refractivity contribution in [3.63, 3.8) is 0 Å². The summed E-state index contributed by atoms with van der Waals surface area (Å²) in [7, 11) is 0. The molecule has 1 nitrogen and oxygen atoms in total. The maximum atomic E-state index is 13.2. The second kappa shape index (κ2) is 3.16. The van der Waals surface area contributed by atoms with Crippen molar-refractivity contribution in [1.82, 2.24) is 0 Å². The van der Waals surface area contributed by atoms with E-state index in [1.54, 1.807) is 0 Å². The molecule has 2 N–H and O–H groups in total. The van der Waals surface area contributed by atoms with Crippen molar-refractivity contribution in [3.05, 3.63) is 0 Å². The highest BCUT2D eigenvalue weighted by Crippen LogP contribution is 2.54. The van der Waals surface area contributed by atoms with Gasteiger partial charge in [-0.3, -0.25) is 0 Å². The van der Waals surface area contributed by atoms with Crippen LogP contribution in [0, 0.1) is 11.8 Å². The molecule has 0 saturated heterocycles. The van der Waals surface area contributed by atoms with Crippen molar-refractivity contribution in [2.45, 2.75) is 56.9 Å². The molecular weight excluding hydrogens is 184 g/mol. The van der Waals surface area contributed by atoms with Gasteiger partial charge in [-0.25, -0.2) is 8.78 Å². The topological polar surface area (TPSA) is 26.0 Å². The first-order valence-electron chi connectivity index (χ1n) is 5.64. The molecule has 0 radical (unpaired) electrons. The zero-order chi connectivity index (χ0) is 10.4. The van der Waals surface area contributed by atoms with Gasteiger partial charge in [0.25, 0.3) is 0 Å². The smallest absolute Gasteiger partial charge is 0.248 e. The van der Waals surface area contributed by atoms with Crippen LogP contribution < -0.4 is 5.73 Å². The Morgan fingerprint density at radius 1 is 1.36 bits per heavy atom. The lowest BCUT2D eigenvalue weighted by molar-refractivity contribution is -0.0589. The van der Waals surface area contributed by atoms with E-state index in [2.05, 4.69) is 6.92 Å². The Labute approximate surface area is 84.0 Å². The summed E-state index contributed by atoms with van der Waals surface area (Å²) in [5.41, 5.74) is 5.93. The zero-order valence-electron chi connectivity index (χ0n) is 8.73. The van der Waals surface area contributed by atoms with E-state index in [4.69, 9.17) is 5.73 Å². The van der Waals surface area contributed by atoms with E-state index in [9.17, 15) is 8.78 Å². The van der Waals surface area contributed by atoms with Crippen molar-refractivity contribution in [1.29, 1.82) is 0 Å². The minimum absolute atomic E-state index is 0.0278. The molecule has 0 heterocycles. The normalized spacial score (nSPS) is 46.3. The molecule has 0 amide bonds. The molecule has 14 heavy (non-hydrogen) atoms. The highest BCUT2D eigenvalue weighted by Gasteiger charge is 2.57. The molecule has 3 unspecified atom stereocenters. The third-order valence-corrected chi connectivity index (χ3v) is 4.09. The summed E-state index contributed by atoms with van der Waals surface area (Å²) in [5.74, 6) is -1.88. The summed E-state index contributed by atoms with van der Waals surface area (Å²) in [6.07, 6.45) is 3.65. The fourth-order valence-electron chi connectivity index (χ4n) is 3.02. The molecule has 0 spiro atoms. The molecule has 2 aliphatic rings. The number of hydrogen-bond donors (Lipinski definition) is 1. The zero-order valence-corrected chi connectivity index (χ0v) is 8.73. The average Bonchev–Trinajstić information content (AvgIpc) is 2.77. The van der Waals surface area contributed by atoms with Crippen LogP contribution in [0.25, 0.3) is 0 Å². The Kier molecular flexibility index (Phi) is 2.33.